The average molecular weight is 187 g/mol. The molecule has 3 nitrogen and oxygen atoms in total. The molecule has 0 spiro atoms. The van der Waals surface area contributed by atoms with E-state index in [-0.39, 0.29) is 11.2 Å². The van der Waals surface area contributed by atoms with E-state index in [1.807, 2.05) is 41.5 Å². The molecule has 0 unspecified atom stereocenters. The third-order valence-corrected chi connectivity index (χ3v) is 1.41. The van der Waals surface area contributed by atoms with Gasteiger partial charge in [-0.1, -0.05) is 0 Å². The molecule has 0 aromatic rings. The van der Waals surface area contributed by atoms with Crippen LogP contribution in [-0.4, -0.2) is 23.7 Å². The maximum absolute atomic E-state index is 5.78. The number of ether oxygens (including phenoxy) is 2. The lowest BCUT2D eigenvalue weighted by atomic mass is 10.2. The Kier molecular flexibility index (Phi) is 2.48. The molecule has 1 fully saturated rings. The summed E-state index contributed by atoms with van der Waals surface area (Å²) in [4.78, 5) is 0. The normalized spacial score (nSPS) is 21.7. The molecule has 0 atom stereocenters. The first kappa shape index (κ1) is 11.0. The number of rotatable bonds is 2. The van der Waals surface area contributed by atoms with E-state index in [1.165, 1.54) is 0 Å². The largest absolute Gasteiger partial charge is 0.331 e. The zero-order valence-corrected chi connectivity index (χ0v) is 9.52. The highest BCUT2D eigenvalue weighted by molar-refractivity contribution is 4.90. The Morgan fingerprint density at radius 3 is 1.38 bits per heavy atom. The summed E-state index contributed by atoms with van der Waals surface area (Å²) in [5.74, 6) is -0.531. The zero-order chi connectivity index (χ0) is 10.3. The van der Waals surface area contributed by atoms with Gasteiger partial charge < -0.3 is 9.47 Å². The Morgan fingerprint density at radius 2 is 1.23 bits per heavy atom. The van der Waals surface area contributed by atoms with E-state index in [1.54, 1.807) is 0 Å². The van der Waals surface area contributed by atoms with Crippen LogP contribution in [0.2, 0.25) is 0 Å². The van der Waals surface area contributed by atoms with Gasteiger partial charge in [0.2, 0.25) is 5.91 Å². The summed E-state index contributed by atoms with van der Waals surface area (Å²) in [5.41, 5.74) is -0.344. The molecule has 1 rings (SSSR count). The van der Waals surface area contributed by atoms with Crippen LogP contribution in [0.15, 0.2) is 0 Å². The number of nitrogens with one attached hydrogen (secondary N) is 1. The summed E-state index contributed by atoms with van der Waals surface area (Å²) < 4.78 is 11.6. The molecule has 3 heteroatoms. The predicted octanol–water partition coefficient (Wildman–Crippen LogP) is 1.87. The fourth-order valence-corrected chi connectivity index (χ4v) is 1.23. The van der Waals surface area contributed by atoms with Crippen molar-refractivity contribution in [2.45, 2.75) is 58.7 Å². The van der Waals surface area contributed by atoms with E-state index in [9.17, 15) is 0 Å². The maximum Gasteiger partial charge on any atom is 0.242 e. The second-order valence-corrected chi connectivity index (χ2v) is 5.54. The van der Waals surface area contributed by atoms with Crippen LogP contribution in [0.1, 0.15) is 41.5 Å². The first-order chi connectivity index (χ1) is 5.62. The van der Waals surface area contributed by atoms with Crippen LogP contribution in [0.25, 0.3) is 0 Å². The second kappa shape index (κ2) is 2.94. The van der Waals surface area contributed by atoms with Gasteiger partial charge in [0, 0.05) is 0 Å². The van der Waals surface area contributed by atoms with Crippen LogP contribution in [0.5, 0.6) is 0 Å². The molecule has 0 aromatic heterocycles. The van der Waals surface area contributed by atoms with Crippen LogP contribution in [0.3, 0.4) is 0 Å². The fourth-order valence-electron chi connectivity index (χ4n) is 1.23. The van der Waals surface area contributed by atoms with Crippen molar-refractivity contribution < 1.29 is 9.47 Å². The van der Waals surface area contributed by atoms with Gasteiger partial charge in [-0.05, 0) is 41.5 Å². The molecule has 78 valence electrons. The lowest BCUT2D eigenvalue weighted by molar-refractivity contribution is -0.257. The standard InChI is InChI=1S/C10H21NO2/c1-8(2,3)12-10(7-11-10)13-9(4,5)6/h11H,7H2,1-6H3. The molecule has 1 N–H and O–H groups in total. The minimum atomic E-state index is -0.531. The Labute approximate surface area is 80.8 Å². The first-order valence-electron chi connectivity index (χ1n) is 4.77. The summed E-state index contributed by atoms with van der Waals surface area (Å²) in [5, 5.41) is 3.12. The minimum Gasteiger partial charge on any atom is -0.331 e. The molecule has 1 saturated heterocycles. The van der Waals surface area contributed by atoms with Crippen molar-refractivity contribution in [1.82, 2.24) is 5.32 Å². The van der Waals surface area contributed by atoms with Crippen molar-refractivity contribution in [3.63, 3.8) is 0 Å². The van der Waals surface area contributed by atoms with Crippen LogP contribution < -0.4 is 5.32 Å². The molecule has 0 amide bonds. The van der Waals surface area contributed by atoms with Gasteiger partial charge in [0.15, 0.2) is 0 Å². The summed E-state index contributed by atoms with van der Waals surface area (Å²) in [6, 6.07) is 0. The molecule has 0 bridgehead atoms. The predicted molar refractivity (Wildman–Crippen MR) is 52.4 cm³/mol. The third kappa shape index (κ3) is 4.07. The van der Waals surface area contributed by atoms with Gasteiger partial charge in [-0.2, -0.15) is 0 Å². The lowest BCUT2D eigenvalue weighted by Crippen LogP contribution is -2.39. The van der Waals surface area contributed by atoms with Crippen molar-refractivity contribution in [3.8, 4) is 0 Å². The van der Waals surface area contributed by atoms with E-state index < -0.39 is 5.91 Å². The van der Waals surface area contributed by atoms with E-state index in [0.717, 1.165) is 6.54 Å². The molecular weight excluding hydrogens is 166 g/mol. The third-order valence-electron chi connectivity index (χ3n) is 1.41. The molecule has 1 aliphatic heterocycles. The van der Waals surface area contributed by atoms with Gasteiger partial charge in [0.05, 0.1) is 17.7 Å². The van der Waals surface area contributed by atoms with Crippen LogP contribution in [0.4, 0.5) is 0 Å². The van der Waals surface area contributed by atoms with Crippen molar-refractivity contribution in [2.24, 2.45) is 0 Å². The molecular formula is C10H21NO2. The molecule has 0 radical (unpaired) electrons. The summed E-state index contributed by atoms with van der Waals surface area (Å²) >= 11 is 0. The van der Waals surface area contributed by atoms with Gasteiger partial charge >= 0.3 is 0 Å². The molecule has 1 heterocycles. The zero-order valence-electron chi connectivity index (χ0n) is 9.52. The van der Waals surface area contributed by atoms with Gasteiger partial charge in [-0.3, -0.25) is 5.32 Å². The van der Waals surface area contributed by atoms with E-state index in [0.29, 0.717) is 0 Å². The van der Waals surface area contributed by atoms with E-state index in [2.05, 4.69) is 5.32 Å². The molecule has 0 aromatic carbocycles. The van der Waals surface area contributed by atoms with Crippen molar-refractivity contribution >= 4 is 0 Å². The van der Waals surface area contributed by atoms with Gasteiger partial charge in [-0.25, -0.2) is 0 Å². The second-order valence-electron chi connectivity index (χ2n) is 5.54. The van der Waals surface area contributed by atoms with Crippen LogP contribution >= 0.6 is 0 Å². The lowest BCUT2D eigenvalue weighted by Gasteiger charge is -2.31. The SMILES string of the molecule is CC(C)(C)OC1(OC(C)(C)C)CN1. The molecule has 0 saturated carbocycles. The molecule has 13 heavy (non-hydrogen) atoms. The summed E-state index contributed by atoms with van der Waals surface area (Å²) in [7, 11) is 0. The van der Waals surface area contributed by atoms with Gasteiger partial charge in [0.25, 0.3) is 0 Å². The molecule has 1 aliphatic rings. The highest BCUT2D eigenvalue weighted by Gasteiger charge is 2.50. The Morgan fingerprint density at radius 1 is 0.923 bits per heavy atom. The Balaban J connectivity index is 2.49. The van der Waals surface area contributed by atoms with E-state index in [4.69, 9.17) is 9.47 Å². The highest BCUT2D eigenvalue weighted by atomic mass is 16.8. The highest BCUT2D eigenvalue weighted by Crippen LogP contribution is 2.31. The van der Waals surface area contributed by atoms with Gasteiger partial charge in [0.1, 0.15) is 0 Å². The monoisotopic (exact) mass is 187 g/mol. The first-order valence-corrected chi connectivity index (χ1v) is 4.77. The smallest absolute Gasteiger partial charge is 0.242 e. The number of hydrogen-bond acceptors (Lipinski definition) is 3. The van der Waals surface area contributed by atoms with Crippen molar-refractivity contribution in [1.29, 1.82) is 0 Å². The summed E-state index contributed by atoms with van der Waals surface area (Å²) in [6.07, 6.45) is 0. The van der Waals surface area contributed by atoms with Gasteiger partial charge in [-0.15, -0.1) is 0 Å². The Bertz CT molecular complexity index is 166. The van der Waals surface area contributed by atoms with E-state index >= 15 is 0 Å². The van der Waals surface area contributed by atoms with Crippen molar-refractivity contribution in [3.05, 3.63) is 0 Å². The minimum absolute atomic E-state index is 0.172. The summed E-state index contributed by atoms with van der Waals surface area (Å²) in [6.45, 7) is 13.0. The quantitative estimate of drug-likeness (QED) is 0.530. The fraction of sp³-hybridized carbons (Fsp3) is 1.00. The topological polar surface area (TPSA) is 40.4 Å². The Hall–Kier alpha value is -0.120. The van der Waals surface area contributed by atoms with Crippen molar-refractivity contribution in [2.75, 3.05) is 6.54 Å². The van der Waals surface area contributed by atoms with Crippen LogP contribution in [0, 0.1) is 0 Å². The average Bonchev–Trinajstić information content (AvgIpc) is 2.36. The van der Waals surface area contributed by atoms with Crippen LogP contribution in [-0.2, 0) is 9.47 Å². The molecule has 0 aliphatic carbocycles. The maximum atomic E-state index is 5.78. The number of hydrogen-bond donors (Lipinski definition) is 1.